The lowest BCUT2D eigenvalue weighted by Crippen LogP contribution is -2.11. The lowest BCUT2D eigenvalue weighted by Gasteiger charge is -2.05. The van der Waals surface area contributed by atoms with Crippen molar-refractivity contribution in [2.45, 2.75) is 6.92 Å². The normalized spacial score (nSPS) is 11.3. The second-order valence-electron chi connectivity index (χ2n) is 5.16. The van der Waals surface area contributed by atoms with Crippen LogP contribution in [0.2, 0.25) is 0 Å². The molecule has 0 aliphatic heterocycles. The zero-order chi connectivity index (χ0) is 16.9. The number of rotatable bonds is 4. The van der Waals surface area contributed by atoms with E-state index in [1.807, 2.05) is 30.3 Å². The number of hydrogen-bond donors (Lipinski definition) is 2. The van der Waals surface area contributed by atoms with E-state index in [1.165, 1.54) is 18.2 Å². The molecule has 0 unspecified atom stereocenters. The van der Waals surface area contributed by atoms with Crippen molar-refractivity contribution in [2.75, 3.05) is 5.43 Å². The number of hydrogen-bond acceptors (Lipinski definition) is 4. The Hall–Kier alpha value is -3.28. The highest BCUT2D eigenvalue weighted by atomic mass is 19.1. The average molecular weight is 322 g/mol. The number of hydrazone groups is 1. The van der Waals surface area contributed by atoms with Crippen LogP contribution >= 0.6 is 0 Å². The summed E-state index contributed by atoms with van der Waals surface area (Å²) in [7, 11) is 0. The Morgan fingerprint density at radius 2 is 1.83 bits per heavy atom. The molecule has 0 saturated heterocycles. The van der Waals surface area contributed by atoms with Gasteiger partial charge in [-0.25, -0.2) is 14.8 Å². The molecule has 0 atom stereocenters. The molecule has 120 valence electrons. The first-order valence-electron chi connectivity index (χ1n) is 7.35. The van der Waals surface area contributed by atoms with E-state index in [-0.39, 0.29) is 17.3 Å². The molecule has 0 fully saturated rings. The van der Waals surface area contributed by atoms with Crippen LogP contribution in [-0.2, 0) is 0 Å². The van der Waals surface area contributed by atoms with Gasteiger partial charge >= 0.3 is 0 Å². The van der Waals surface area contributed by atoms with E-state index < -0.39 is 0 Å². The first kappa shape index (κ1) is 15.6. The van der Waals surface area contributed by atoms with Gasteiger partial charge in [0.25, 0.3) is 5.56 Å². The van der Waals surface area contributed by atoms with Crippen molar-refractivity contribution in [1.82, 2.24) is 9.97 Å². The van der Waals surface area contributed by atoms with Crippen LogP contribution < -0.4 is 11.0 Å². The van der Waals surface area contributed by atoms with Gasteiger partial charge < -0.3 is 0 Å². The van der Waals surface area contributed by atoms with E-state index in [1.54, 1.807) is 19.1 Å². The molecule has 0 aliphatic carbocycles. The minimum Gasteiger partial charge on any atom is -0.291 e. The van der Waals surface area contributed by atoms with E-state index in [4.69, 9.17) is 0 Å². The third-order valence-corrected chi connectivity index (χ3v) is 3.40. The highest BCUT2D eigenvalue weighted by Crippen LogP contribution is 2.15. The van der Waals surface area contributed by atoms with E-state index in [0.29, 0.717) is 11.4 Å². The highest BCUT2D eigenvalue weighted by Gasteiger charge is 2.04. The Labute approximate surface area is 137 Å². The maximum atomic E-state index is 12.9. The molecule has 0 radical (unpaired) electrons. The fraction of sp³-hybridized carbons (Fsp3) is 0.0556. The summed E-state index contributed by atoms with van der Waals surface area (Å²) in [6, 6.07) is 16.8. The molecular formula is C18H15FN4O. The maximum Gasteiger partial charge on any atom is 0.252 e. The quantitative estimate of drug-likeness (QED) is 0.571. The van der Waals surface area contributed by atoms with Gasteiger partial charge in [-0.05, 0) is 24.6 Å². The number of anilines is 1. The molecule has 0 saturated carbocycles. The average Bonchev–Trinajstić information content (AvgIpc) is 2.60. The zero-order valence-corrected chi connectivity index (χ0v) is 13.0. The van der Waals surface area contributed by atoms with Crippen LogP contribution in [0.1, 0.15) is 12.5 Å². The number of benzene rings is 2. The summed E-state index contributed by atoms with van der Waals surface area (Å²) in [5.41, 5.74) is 5.26. The molecule has 6 heteroatoms. The second kappa shape index (κ2) is 6.87. The Bertz CT molecular complexity index is 918. The van der Waals surface area contributed by atoms with Gasteiger partial charge in [0.2, 0.25) is 5.95 Å². The van der Waals surface area contributed by atoms with Crippen LogP contribution in [0.15, 0.2) is 70.6 Å². The van der Waals surface area contributed by atoms with Gasteiger partial charge in [-0.3, -0.25) is 9.78 Å². The molecule has 3 aromatic rings. The molecule has 3 rings (SSSR count). The molecule has 1 aromatic heterocycles. The minimum absolute atomic E-state index is 0.239. The van der Waals surface area contributed by atoms with Crippen LogP contribution in [0.3, 0.4) is 0 Å². The molecule has 0 spiro atoms. The van der Waals surface area contributed by atoms with Gasteiger partial charge in [-0.1, -0.05) is 42.5 Å². The summed E-state index contributed by atoms with van der Waals surface area (Å²) < 4.78 is 12.9. The van der Waals surface area contributed by atoms with Gasteiger partial charge in [0.15, 0.2) is 0 Å². The largest absolute Gasteiger partial charge is 0.291 e. The molecule has 2 N–H and O–H groups in total. The first-order chi connectivity index (χ1) is 11.6. The van der Waals surface area contributed by atoms with Crippen LogP contribution in [0, 0.1) is 5.82 Å². The Morgan fingerprint density at radius 1 is 1.12 bits per heavy atom. The second-order valence-corrected chi connectivity index (χ2v) is 5.16. The standard InChI is InChI=1S/C18H15FN4O/c1-12(13-7-9-15(19)10-8-13)22-23-18-20-16(11-17(24)21-18)14-5-3-2-4-6-14/h2-11H,1H3,(H2,20,21,23,24)/b22-12+. The van der Waals surface area contributed by atoms with Crippen molar-refractivity contribution in [1.29, 1.82) is 0 Å². The van der Waals surface area contributed by atoms with Gasteiger partial charge in [0, 0.05) is 11.6 Å². The van der Waals surface area contributed by atoms with Gasteiger partial charge in [0.1, 0.15) is 5.82 Å². The van der Waals surface area contributed by atoms with Crippen LogP contribution in [0.5, 0.6) is 0 Å². The third-order valence-electron chi connectivity index (χ3n) is 3.40. The summed E-state index contributed by atoms with van der Waals surface area (Å²) in [5.74, 6) is -0.0658. The molecule has 5 nitrogen and oxygen atoms in total. The van der Waals surface area contributed by atoms with Crippen molar-refractivity contribution in [3.63, 3.8) is 0 Å². The Balaban J connectivity index is 1.85. The molecular weight excluding hydrogens is 307 g/mol. The van der Waals surface area contributed by atoms with E-state index in [9.17, 15) is 9.18 Å². The molecule has 1 heterocycles. The van der Waals surface area contributed by atoms with E-state index in [2.05, 4.69) is 20.5 Å². The summed E-state index contributed by atoms with van der Waals surface area (Å²) in [4.78, 5) is 18.7. The topological polar surface area (TPSA) is 70.1 Å². The van der Waals surface area contributed by atoms with Gasteiger partial charge in [-0.2, -0.15) is 5.10 Å². The van der Waals surface area contributed by atoms with Crippen molar-refractivity contribution in [2.24, 2.45) is 5.10 Å². The SMILES string of the molecule is C/C(=N\Nc1nc(-c2ccccc2)cc(=O)[nH]1)c1ccc(F)cc1. The third kappa shape index (κ3) is 3.73. The highest BCUT2D eigenvalue weighted by molar-refractivity contribution is 5.98. The van der Waals surface area contributed by atoms with Crippen molar-refractivity contribution in [3.05, 3.63) is 82.4 Å². The van der Waals surface area contributed by atoms with Crippen molar-refractivity contribution >= 4 is 11.7 Å². The van der Waals surface area contributed by atoms with Gasteiger partial charge in [0.05, 0.1) is 11.4 Å². The van der Waals surface area contributed by atoms with Crippen LogP contribution in [0.25, 0.3) is 11.3 Å². The predicted octanol–water partition coefficient (Wildman–Crippen LogP) is 3.41. The number of halogens is 1. The fourth-order valence-electron chi connectivity index (χ4n) is 2.16. The maximum absolute atomic E-state index is 12.9. The van der Waals surface area contributed by atoms with Gasteiger partial charge in [-0.15, -0.1) is 0 Å². The zero-order valence-electron chi connectivity index (χ0n) is 13.0. The Morgan fingerprint density at radius 3 is 2.54 bits per heavy atom. The van der Waals surface area contributed by atoms with Crippen molar-refractivity contribution in [3.8, 4) is 11.3 Å². The predicted molar refractivity (Wildman–Crippen MR) is 92.5 cm³/mol. The minimum atomic E-state index is -0.305. The van der Waals surface area contributed by atoms with Crippen molar-refractivity contribution < 1.29 is 4.39 Å². The number of H-pyrrole nitrogens is 1. The number of nitrogens with one attached hydrogen (secondary N) is 2. The van der Waals surface area contributed by atoms with E-state index in [0.717, 1.165) is 11.1 Å². The van der Waals surface area contributed by atoms with E-state index >= 15 is 0 Å². The molecule has 0 bridgehead atoms. The summed E-state index contributed by atoms with van der Waals surface area (Å²) in [6.07, 6.45) is 0. The summed E-state index contributed by atoms with van der Waals surface area (Å²) in [5, 5.41) is 4.18. The lowest BCUT2D eigenvalue weighted by atomic mass is 10.1. The number of nitrogens with zero attached hydrogens (tertiary/aromatic N) is 2. The first-order valence-corrected chi connectivity index (χ1v) is 7.35. The summed E-state index contributed by atoms with van der Waals surface area (Å²) >= 11 is 0. The smallest absolute Gasteiger partial charge is 0.252 e. The molecule has 2 aromatic carbocycles. The lowest BCUT2D eigenvalue weighted by molar-refractivity contribution is 0.628. The fourth-order valence-corrected chi connectivity index (χ4v) is 2.16. The van der Waals surface area contributed by atoms with Crippen LogP contribution in [-0.4, -0.2) is 15.7 Å². The summed E-state index contributed by atoms with van der Waals surface area (Å²) in [6.45, 7) is 1.78. The molecule has 24 heavy (non-hydrogen) atoms. The number of aromatic amines is 1. The monoisotopic (exact) mass is 322 g/mol. The molecule has 0 aliphatic rings. The van der Waals surface area contributed by atoms with Crippen LogP contribution in [0.4, 0.5) is 10.3 Å². The molecule has 0 amide bonds. The number of aromatic nitrogens is 2. The Kier molecular flexibility index (Phi) is 4.47.